The van der Waals surface area contributed by atoms with Crippen LogP contribution in [-0.4, -0.2) is 10.7 Å². The van der Waals surface area contributed by atoms with Crippen molar-refractivity contribution < 1.29 is 9.72 Å². The van der Waals surface area contributed by atoms with Crippen LogP contribution < -0.4 is 5.32 Å². The number of non-ortho nitro benzene ring substituents is 1. The fraction of sp³-hybridized carbons (Fsp3) is 0.471. The molecule has 0 saturated heterocycles. The van der Waals surface area contributed by atoms with Crippen molar-refractivity contribution in [2.45, 2.75) is 33.6 Å². The lowest BCUT2D eigenvalue weighted by molar-refractivity contribution is -0.384. The van der Waals surface area contributed by atoms with Crippen LogP contribution in [0.5, 0.6) is 0 Å². The molecule has 0 heterocycles. The largest absolute Gasteiger partial charge is 0.361 e. The number of anilines is 1. The molecule has 22 heavy (non-hydrogen) atoms. The van der Waals surface area contributed by atoms with Gasteiger partial charge in [-0.1, -0.05) is 20.8 Å². The quantitative estimate of drug-likeness (QED) is 0.522. The van der Waals surface area contributed by atoms with E-state index in [1.54, 1.807) is 18.3 Å². The predicted octanol–water partition coefficient (Wildman–Crippen LogP) is 3.92. The van der Waals surface area contributed by atoms with Gasteiger partial charge in [0, 0.05) is 35.0 Å². The van der Waals surface area contributed by atoms with Gasteiger partial charge >= 0.3 is 0 Å². The third-order valence-corrected chi connectivity index (χ3v) is 5.84. The van der Waals surface area contributed by atoms with Crippen molar-refractivity contribution in [3.05, 3.63) is 46.2 Å². The third kappa shape index (κ3) is 1.88. The first kappa shape index (κ1) is 14.8. The number of nitro benzene ring substituents is 1. The van der Waals surface area contributed by atoms with E-state index >= 15 is 0 Å². The van der Waals surface area contributed by atoms with Gasteiger partial charge in [-0.2, -0.15) is 0 Å². The highest BCUT2D eigenvalue weighted by molar-refractivity contribution is 6.04. The van der Waals surface area contributed by atoms with Gasteiger partial charge in [-0.25, -0.2) is 0 Å². The van der Waals surface area contributed by atoms with E-state index in [4.69, 9.17) is 0 Å². The van der Waals surface area contributed by atoms with Crippen LogP contribution >= 0.6 is 0 Å². The SMILES string of the molecule is CC1(C)[C@@H]2CC[C@]1(C)C(=O)/C2=C/Nc1ccc([N+](=O)[O-])cc1. The number of nitrogens with zero attached hydrogens (tertiary/aromatic N) is 1. The topological polar surface area (TPSA) is 72.2 Å². The first-order valence-electron chi connectivity index (χ1n) is 7.53. The maximum atomic E-state index is 12.7. The van der Waals surface area contributed by atoms with Gasteiger partial charge in [0.05, 0.1) is 4.92 Å². The summed E-state index contributed by atoms with van der Waals surface area (Å²) in [5, 5.41) is 13.8. The van der Waals surface area contributed by atoms with Crippen LogP contribution in [0.1, 0.15) is 33.6 Å². The van der Waals surface area contributed by atoms with Gasteiger partial charge in [-0.3, -0.25) is 14.9 Å². The molecule has 0 amide bonds. The highest BCUT2D eigenvalue weighted by Gasteiger charge is 2.63. The van der Waals surface area contributed by atoms with Crippen molar-refractivity contribution in [2.75, 3.05) is 5.32 Å². The molecule has 5 nitrogen and oxygen atoms in total. The van der Waals surface area contributed by atoms with Crippen molar-refractivity contribution in [1.82, 2.24) is 0 Å². The minimum absolute atomic E-state index is 0.00687. The molecule has 2 fully saturated rings. The number of allylic oxidation sites excluding steroid dienone is 1. The Hall–Kier alpha value is -2.17. The van der Waals surface area contributed by atoms with E-state index in [0.717, 1.165) is 24.1 Å². The number of rotatable bonds is 3. The van der Waals surface area contributed by atoms with Crippen molar-refractivity contribution in [3.63, 3.8) is 0 Å². The van der Waals surface area contributed by atoms with Gasteiger partial charge in [0.15, 0.2) is 5.78 Å². The molecule has 116 valence electrons. The first-order chi connectivity index (χ1) is 10.3. The molecule has 0 aromatic heterocycles. The number of hydrogen-bond donors (Lipinski definition) is 1. The molecule has 0 radical (unpaired) electrons. The maximum absolute atomic E-state index is 12.7. The number of benzene rings is 1. The Morgan fingerprint density at radius 3 is 2.41 bits per heavy atom. The zero-order valence-electron chi connectivity index (χ0n) is 13.1. The normalized spacial score (nSPS) is 30.8. The fourth-order valence-electron chi connectivity index (χ4n) is 3.93. The Bertz CT molecular complexity index is 676. The number of hydrogen-bond acceptors (Lipinski definition) is 4. The molecule has 2 atom stereocenters. The summed E-state index contributed by atoms with van der Waals surface area (Å²) in [5.41, 5.74) is 1.39. The Balaban J connectivity index is 1.82. The number of fused-ring (bicyclic) bond motifs is 2. The van der Waals surface area contributed by atoms with Crippen LogP contribution in [-0.2, 0) is 4.79 Å². The molecule has 1 aromatic carbocycles. The summed E-state index contributed by atoms with van der Waals surface area (Å²) < 4.78 is 0. The Morgan fingerprint density at radius 2 is 1.91 bits per heavy atom. The number of Topliss-reactive ketones (excluding diaryl/α,β-unsaturated/α-hetero) is 1. The van der Waals surface area contributed by atoms with Crippen molar-refractivity contribution >= 4 is 17.2 Å². The standard InChI is InChI=1S/C17H20N2O3/c1-16(2)14-8-9-17(16,3)15(20)13(14)10-18-11-4-6-12(7-5-11)19(21)22/h4-7,10,14,18H,8-9H2,1-3H3/b13-10+/t14-,17-/m1/s1. The van der Waals surface area contributed by atoms with Gasteiger partial charge in [0.2, 0.25) is 0 Å². The van der Waals surface area contributed by atoms with Gasteiger partial charge in [0.25, 0.3) is 5.69 Å². The minimum Gasteiger partial charge on any atom is -0.361 e. The summed E-state index contributed by atoms with van der Waals surface area (Å²) in [6.07, 6.45) is 3.79. The molecular formula is C17H20N2O3. The molecule has 2 bridgehead atoms. The number of carbonyl (C=O) groups is 1. The molecule has 1 N–H and O–H groups in total. The fourth-order valence-corrected chi connectivity index (χ4v) is 3.93. The first-order valence-corrected chi connectivity index (χ1v) is 7.53. The molecule has 0 spiro atoms. The summed E-state index contributed by atoms with van der Waals surface area (Å²) in [4.78, 5) is 22.9. The van der Waals surface area contributed by atoms with Crippen molar-refractivity contribution in [2.24, 2.45) is 16.7 Å². The second kappa shape index (κ2) is 4.66. The molecule has 2 saturated carbocycles. The van der Waals surface area contributed by atoms with E-state index in [-0.39, 0.29) is 28.2 Å². The number of nitro groups is 1. The third-order valence-electron chi connectivity index (χ3n) is 5.84. The van der Waals surface area contributed by atoms with Crippen LogP contribution in [0.2, 0.25) is 0 Å². The lowest BCUT2D eigenvalue weighted by Gasteiger charge is -2.31. The molecule has 0 unspecified atom stereocenters. The zero-order chi connectivity index (χ0) is 16.1. The van der Waals surface area contributed by atoms with Crippen LogP contribution in [0.15, 0.2) is 36.0 Å². The summed E-state index contributed by atoms with van der Waals surface area (Å²) in [5.74, 6) is 0.527. The highest BCUT2D eigenvalue weighted by Crippen LogP contribution is 2.65. The van der Waals surface area contributed by atoms with Crippen LogP contribution in [0.4, 0.5) is 11.4 Å². The van der Waals surface area contributed by atoms with E-state index in [1.807, 2.05) is 0 Å². The Morgan fingerprint density at radius 1 is 1.27 bits per heavy atom. The molecule has 5 heteroatoms. The van der Waals surface area contributed by atoms with Gasteiger partial charge in [-0.15, -0.1) is 0 Å². The van der Waals surface area contributed by atoms with Crippen molar-refractivity contribution in [3.8, 4) is 0 Å². The average molecular weight is 300 g/mol. The van der Waals surface area contributed by atoms with E-state index in [2.05, 4.69) is 26.1 Å². The smallest absolute Gasteiger partial charge is 0.269 e. The summed E-state index contributed by atoms with van der Waals surface area (Å²) >= 11 is 0. The van der Waals surface area contributed by atoms with E-state index in [9.17, 15) is 14.9 Å². The van der Waals surface area contributed by atoms with E-state index in [1.165, 1.54) is 12.1 Å². The molecular weight excluding hydrogens is 280 g/mol. The van der Waals surface area contributed by atoms with E-state index in [0.29, 0.717) is 0 Å². The second-order valence-corrected chi connectivity index (χ2v) is 7.02. The maximum Gasteiger partial charge on any atom is 0.269 e. The Labute approximate surface area is 129 Å². The predicted molar refractivity (Wildman–Crippen MR) is 84.4 cm³/mol. The lowest BCUT2D eigenvalue weighted by atomic mass is 9.70. The zero-order valence-corrected chi connectivity index (χ0v) is 13.1. The van der Waals surface area contributed by atoms with Gasteiger partial charge in [-0.05, 0) is 36.3 Å². The number of ketones is 1. The van der Waals surface area contributed by atoms with Crippen LogP contribution in [0.25, 0.3) is 0 Å². The van der Waals surface area contributed by atoms with Crippen LogP contribution in [0.3, 0.4) is 0 Å². The molecule has 2 aliphatic rings. The molecule has 2 aliphatic carbocycles. The molecule has 0 aliphatic heterocycles. The number of carbonyl (C=O) groups excluding carboxylic acids is 1. The second-order valence-electron chi connectivity index (χ2n) is 7.02. The summed E-state index contributed by atoms with van der Waals surface area (Å²) in [6.45, 7) is 6.42. The number of nitrogens with one attached hydrogen (secondary N) is 1. The molecule has 1 aromatic rings. The van der Waals surface area contributed by atoms with Crippen molar-refractivity contribution in [1.29, 1.82) is 0 Å². The van der Waals surface area contributed by atoms with Gasteiger partial charge in [0.1, 0.15) is 0 Å². The summed E-state index contributed by atoms with van der Waals surface area (Å²) in [7, 11) is 0. The molecule has 3 rings (SSSR count). The highest BCUT2D eigenvalue weighted by atomic mass is 16.6. The monoisotopic (exact) mass is 300 g/mol. The van der Waals surface area contributed by atoms with Gasteiger partial charge < -0.3 is 5.32 Å². The lowest BCUT2D eigenvalue weighted by Crippen LogP contribution is -2.32. The average Bonchev–Trinajstić information content (AvgIpc) is 2.78. The Kier molecular flexibility index (Phi) is 3.13. The van der Waals surface area contributed by atoms with E-state index < -0.39 is 4.92 Å². The minimum atomic E-state index is -0.426. The van der Waals surface area contributed by atoms with Crippen LogP contribution in [0, 0.1) is 26.9 Å². The summed E-state index contributed by atoms with van der Waals surface area (Å²) in [6, 6.07) is 6.21.